The van der Waals surface area contributed by atoms with Crippen LogP contribution in [0.25, 0.3) is 0 Å². The fourth-order valence-electron chi connectivity index (χ4n) is 4.01. The van der Waals surface area contributed by atoms with Crippen molar-refractivity contribution in [3.05, 3.63) is 59.2 Å². The molecule has 0 saturated heterocycles. The molecule has 27 heavy (non-hydrogen) atoms. The van der Waals surface area contributed by atoms with Gasteiger partial charge in [-0.3, -0.25) is 5.41 Å². The van der Waals surface area contributed by atoms with Crippen LogP contribution < -0.4 is 9.47 Å². The van der Waals surface area contributed by atoms with Crippen LogP contribution in [0.5, 0.6) is 11.5 Å². The average Bonchev–Trinajstić information content (AvgIpc) is 3.12. The number of hydrazone groups is 1. The SMILES string of the molecule is COc1ccc([C@@H]2[C@@H]3CCc4ccc(OC)cc4C3=NN2C(=N)SC)cc1. The number of amidine groups is 1. The van der Waals surface area contributed by atoms with Crippen molar-refractivity contribution in [2.24, 2.45) is 11.0 Å². The molecule has 0 bridgehead atoms. The van der Waals surface area contributed by atoms with E-state index in [2.05, 4.69) is 24.3 Å². The lowest BCUT2D eigenvalue weighted by Gasteiger charge is -2.30. The first-order valence-corrected chi connectivity index (χ1v) is 10.2. The number of thioether (sulfide) groups is 1. The summed E-state index contributed by atoms with van der Waals surface area (Å²) in [6.45, 7) is 0. The quantitative estimate of drug-likeness (QED) is 0.635. The lowest BCUT2D eigenvalue weighted by Crippen LogP contribution is -2.30. The standard InChI is InChI=1S/C21H23N3O2S/c1-25-15-8-5-14(6-9-15)20-17-11-7-13-4-10-16(26-2)12-18(13)19(17)23-24(20)21(22)27-3/h4-6,8-10,12,17,20,22H,7,11H2,1-3H3/t17-,20-/m1/s1. The maximum atomic E-state index is 8.44. The van der Waals surface area contributed by atoms with E-state index < -0.39 is 0 Å². The fraction of sp³-hybridized carbons (Fsp3) is 0.333. The smallest absolute Gasteiger partial charge is 0.177 e. The van der Waals surface area contributed by atoms with E-state index in [0.717, 1.165) is 41.2 Å². The van der Waals surface area contributed by atoms with Crippen molar-refractivity contribution in [1.82, 2.24) is 5.01 Å². The fourth-order valence-corrected chi connectivity index (χ4v) is 4.35. The summed E-state index contributed by atoms with van der Waals surface area (Å²) in [7, 11) is 3.36. The molecule has 0 spiro atoms. The molecule has 2 aromatic rings. The first-order chi connectivity index (χ1) is 13.2. The van der Waals surface area contributed by atoms with Crippen molar-refractivity contribution in [1.29, 1.82) is 5.41 Å². The third-order valence-corrected chi connectivity index (χ3v) is 5.96. The molecule has 2 aromatic carbocycles. The predicted molar refractivity (Wildman–Crippen MR) is 110 cm³/mol. The van der Waals surface area contributed by atoms with Gasteiger partial charge in [0, 0.05) is 11.5 Å². The summed E-state index contributed by atoms with van der Waals surface area (Å²) < 4.78 is 10.7. The Morgan fingerprint density at radius 1 is 1.11 bits per heavy atom. The Morgan fingerprint density at radius 3 is 2.48 bits per heavy atom. The number of aryl methyl sites for hydroxylation is 1. The largest absolute Gasteiger partial charge is 0.497 e. The minimum atomic E-state index is 0.0326. The summed E-state index contributed by atoms with van der Waals surface area (Å²) in [6.07, 6.45) is 3.95. The van der Waals surface area contributed by atoms with E-state index in [9.17, 15) is 0 Å². The second-order valence-electron chi connectivity index (χ2n) is 6.73. The van der Waals surface area contributed by atoms with E-state index in [4.69, 9.17) is 20.0 Å². The number of nitrogens with one attached hydrogen (secondary N) is 1. The van der Waals surface area contributed by atoms with Crippen LogP contribution in [0.1, 0.15) is 29.2 Å². The highest BCUT2D eigenvalue weighted by molar-refractivity contribution is 8.13. The van der Waals surface area contributed by atoms with Gasteiger partial charge in [0.25, 0.3) is 0 Å². The van der Waals surface area contributed by atoms with Crippen LogP contribution in [-0.2, 0) is 6.42 Å². The molecule has 1 N–H and O–H groups in total. The van der Waals surface area contributed by atoms with Crippen molar-refractivity contribution in [3.8, 4) is 11.5 Å². The van der Waals surface area contributed by atoms with Gasteiger partial charge in [0.1, 0.15) is 11.5 Å². The molecule has 1 heterocycles. The van der Waals surface area contributed by atoms with Gasteiger partial charge in [-0.1, -0.05) is 30.0 Å². The topological polar surface area (TPSA) is 57.9 Å². The van der Waals surface area contributed by atoms with Crippen LogP contribution in [0.2, 0.25) is 0 Å². The number of hydrogen-bond acceptors (Lipinski definition) is 5. The molecule has 0 unspecified atom stereocenters. The zero-order chi connectivity index (χ0) is 19.0. The molecule has 2 aliphatic rings. The number of benzene rings is 2. The van der Waals surface area contributed by atoms with Crippen molar-refractivity contribution in [2.75, 3.05) is 20.5 Å². The van der Waals surface area contributed by atoms with Crippen LogP contribution >= 0.6 is 11.8 Å². The van der Waals surface area contributed by atoms with Crippen LogP contribution in [0, 0.1) is 11.3 Å². The first kappa shape index (κ1) is 17.9. The second kappa shape index (κ2) is 7.27. The van der Waals surface area contributed by atoms with Crippen molar-refractivity contribution < 1.29 is 9.47 Å². The van der Waals surface area contributed by atoms with Gasteiger partial charge in [0.15, 0.2) is 5.17 Å². The normalized spacial score (nSPS) is 20.6. The van der Waals surface area contributed by atoms with E-state index in [0.29, 0.717) is 5.17 Å². The summed E-state index contributed by atoms with van der Waals surface area (Å²) in [5.41, 5.74) is 4.68. The molecule has 0 aromatic heterocycles. The van der Waals surface area contributed by atoms with E-state index in [1.54, 1.807) is 14.2 Å². The van der Waals surface area contributed by atoms with Gasteiger partial charge >= 0.3 is 0 Å². The second-order valence-corrected chi connectivity index (χ2v) is 7.52. The molecule has 140 valence electrons. The molecule has 2 atom stereocenters. The molecule has 5 nitrogen and oxygen atoms in total. The third kappa shape index (κ3) is 3.08. The zero-order valence-corrected chi connectivity index (χ0v) is 16.5. The number of ether oxygens (including phenoxy) is 2. The van der Waals surface area contributed by atoms with Gasteiger partial charge in [0.05, 0.1) is 26.0 Å². The highest BCUT2D eigenvalue weighted by Gasteiger charge is 2.43. The molecular weight excluding hydrogens is 358 g/mol. The van der Waals surface area contributed by atoms with Crippen LogP contribution in [0.3, 0.4) is 0 Å². The number of methoxy groups -OCH3 is 2. The van der Waals surface area contributed by atoms with Crippen LogP contribution in [0.15, 0.2) is 47.6 Å². The molecule has 4 rings (SSSR count). The molecule has 1 aliphatic heterocycles. The van der Waals surface area contributed by atoms with Gasteiger partial charge < -0.3 is 9.47 Å². The summed E-state index contributed by atoms with van der Waals surface area (Å²) >= 11 is 1.42. The Balaban J connectivity index is 1.78. The van der Waals surface area contributed by atoms with Gasteiger partial charge in [0.2, 0.25) is 0 Å². The van der Waals surface area contributed by atoms with Gasteiger partial charge in [-0.05, 0) is 54.5 Å². The van der Waals surface area contributed by atoms with Crippen molar-refractivity contribution >= 4 is 22.6 Å². The molecular formula is C21H23N3O2S. The molecule has 0 fully saturated rings. The van der Waals surface area contributed by atoms with Gasteiger partial charge in [-0.15, -0.1) is 0 Å². The number of fused-ring (bicyclic) bond motifs is 3. The molecule has 0 radical (unpaired) electrons. The van der Waals surface area contributed by atoms with E-state index >= 15 is 0 Å². The highest BCUT2D eigenvalue weighted by Crippen LogP contribution is 2.44. The highest BCUT2D eigenvalue weighted by atomic mass is 32.2. The predicted octanol–water partition coefficient (Wildman–Crippen LogP) is 4.32. The van der Waals surface area contributed by atoms with E-state index in [1.165, 1.54) is 17.3 Å². The van der Waals surface area contributed by atoms with Crippen molar-refractivity contribution in [3.63, 3.8) is 0 Å². The lowest BCUT2D eigenvalue weighted by atomic mass is 9.77. The Bertz CT molecular complexity index is 895. The summed E-state index contributed by atoms with van der Waals surface area (Å²) in [5.74, 6) is 1.94. The molecule has 1 aliphatic carbocycles. The Kier molecular flexibility index (Phi) is 4.83. The molecule has 0 amide bonds. The minimum absolute atomic E-state index is 0.0326. The van der Waals surface area contributed by atoms with Gasteiger partial charge in [-0.2, -0.15) is 5.10 Å². The number of nitrogens with zero attached hydrogens (tertiary/aromatic N) is 2. The average molecular weight is 382 g/mol. The third-order valence-electron chi connectivity index (χ3n) is 5.39. The van der Waals surface area contributed by atoms with Gasteiger partial charge in [-0.25, -0.2) is 5.01 Å². The van der Waals surface area contributed by atoms with E-state index in [-0.39, 0.29) is 12.0 Å². The molecule has 6 heteroatoms. The number of rotatable bonds is 3. The Hall–Kier alpha value is -2.47. The van der Waals surface area contributed by atoms with Crippen molar-refractivity contribution in [2.45, 2.75) is 18.9 Å². The van der Waals surface area contributed by atoms with Crippen LogP contribution in [-0.4, -0.2) is 36.4 Å². The van der Waals surface area contributed by atoms with Crippen LogP contribution in [0.4, 0.5) is 0 Å². The maximum Gasteiger partial charge on any atom is 0.177 e. The number of hydrogen-bond donors (Lipinski definition) is 1. The lowest BCUT2D eigenvalue weighted by molar-refractivity contribution is 0.310. The Labute approximate surface area is 163 Å². The summed E-state index contributed by atoms with van der Waals surface area (Å²) in [5, 5.41) is 15.7. The zero-order valence-electron chi connectivity index (χ0n) is 15.7. The maximum absolute atomic E-state index is 8.44. The monoisotopic (exact) mass is 381 g/mol. The molecule has 0 saturated carbocycles. The summed E-state index contributed by atoms with van der Waals surface area (Å²) in [6, 6.07) is 14.4. The summed E-state index contributed by atoms with van der Waals surface area (Å²) in [4.78, 5) is 0. The van der Waals surface area contributed by atoms with E-state index in [1.807, 2.05) is 29.5 Å². The Morgan fingerprint density at radius 2 is 1.81 bits per heavy atom. The first-order valence-electron chi connectivity index (χ1n) is 8.97. The minimum Gasteiger partial charge on any atom is -0.497 e.